The lowest BCUT2D eigenvalue weighted by Gasteiger charge is -2.37. The van der Waals surface area contributed by atoms with E-state index in [1.54, 1.807) is 14.2 Å². The third-order valence-electron chi connectivity index (χ3n) is 5.08. The zero-order valence-corrected chi connectivity index (χ0v) is 16.0. The number of anilines is 1. The predicted octanol–water partition coefficient (Wildman–Crippen LogP) is 4.14. The van der Waals surface area contributed by atoms with Gasteiger partial charge in [-0.2, -0.15) is 0 Å². The number of carbonyl (C=O) groups excluding carboxylic acids is 1. The summed E-state index contributed by atoms with van der Waals surface area (Å²) in [6, 6.07) is 19.0. The molecule has 2 aromatic carbocycles. The maximum absolute atomic E-state index is 13.2. The van der Waals surface area contributed by atoms with Crippen molar-refractivity contribution in [2.75, 3.05) is 26.1 Å². The molecule has 0 fully saturated rings. The van der Waals surface area contributed by atoms with Gasteiger partial charge < -0.3 is 24.3 Å². The van der Waals surface area contributed by atoms with Crippen molar-refractivity contribution >= 4 is 11.7 Å². The first-order valence-electron chi connectivity index (χ1n) is 9.21. The van der Waals surface area contributed by atoms with Crippen molar-refractivity contribution in [1.29, 1.82) is 0 Å². The summed E-state index contributed by atoms with van der Waals surface area (Å²) in [7, 11) is 3.24. The first-order valence-corrected chi connectivity index (χ1v) is 9.21. The Bertz CT molecular complexity index is 965. The van der Waals surface area contributed by atoms with Crippen molar-refractivity contribution < 1.29 is 14.3 Å². The summed E-state index contributed by atoms with van der Waals surface area (Å²) in [5, 5.41) is 3.00. The van der Waals surface area contributed by atoms with Crippen molar-refractivity contribution in [3.05, 3.63) is 78.1 Å². The second kappa shape index (κ2) is 7.68. The molecule has 6 nitrogen and oxygen atoms in total. The summed E-state index contributed by atoms with van der Waals surface area (Å²) in [5.41, 5.74) is 2.78. The summed E-state index contributed by atoms with van der Waals surface area (Å²) < 4.78 is 12.8. The maximum Gasteiger partial charge on any atom is 0.322 e. The van der Waals surface area contributed by atoms with Gasteiger partial charge in [0.1, 0.15) is 11.5 Å². The van der Waals surface area contributed by atoms with E-state index in [0.717, 1.165) is 23.6 Å². The molecule has 1 unspecified atom stereocenters. The zero-order valence-electron chi connectivity index (χ0n) is 16.0. The predicted molar refractivity (Wildman–Crippen MR) is 108 cm³/mol. The molecule has 1 N–H and O–H groups in total. The molecule has 0 radical (unpaired) electrons. The molecule has 6 heteroatoms. The van der Waals surface area contributed by atoms with Gasteiger partial charge in [-0.1, -0.05) is 24.3 Å². The molecule has 3 aromatic rings. The van der Waals surface area contributed by atoms with Gasteiger partial charge in [-0.05, 0) is 42.0 Å². The number of urea groups is 1. The monoisotopic (exact) mass is 377 g/mol. The van der Waals surface area contributed by atoms with Crippen LogP contribution in [0.4, 0.5) is 10.5 Å². The Morgan fingerprint density at radius 1 is 0.964 bits per heavy atom. The fourth-order valence-corrected chi connectivity index (χ4v) is 3.67. The normalized spacial score (nSPS) is 15.6. The molecule has 28 heavy (non-hydrogen) atoms. The second-order valence-electron chi connectivity index (χ2n) is 6.63. The molecule has 1 atom stereocenters. The van der Waals surface area contributed by atoms with E-state index in [4.69, 9.17) is 9.47 Å². The molecule has 0 bridgehead atoms. The van der Waals surface area contributed by atoms with Gasteiger partial charge in [-0.15, -0.1) is 0 Å². The first kappa shape index (κ1) is 18.0. The van der Waals surface area contributed by atoms with E-state index in [-0.39, 0.29) is 12.1 Å². The number of para-hydroxylation sites is 2. The van der Waals surface area contributed by atoms with Crippen LogP contribution in [0, 0.1) is 0 Å². The minimum absolute atomic E-state index is 0.155. The molecule has 1 aromatic heterocycles. The van der Waals surface area contributed by atoms with Crippen molar-refractivity contribution in [1.82, 2.24) is 9.47 Å². The Balaban J connectivity index is 1.67. The SMILES string of the molecule is COc1ccc(C2c3cccn3CCN2C(=O)Nc2ccccc2OC)cc1. The smallest absolute Gasteiger partial charge is 0.322 e. The Morgan fingerprint density at radius 2 is 1.75 bits per heavy atom. The molecule has 2 amide bonds. The quantitative estimate of drug-likeness (QED) is 0.743. The van der Waals surface area contributed by atoms with Crippen molar-refractivity contribution in [2.45, 2.75) is 12.6 Å². The molecule has 0 saturated heterocycles. The number of ether oxygens (including phenoxy) is 2. The highest BCUT2D eigenvalue weighted by Gasteiger charge is 2.32. The molecule has 0 saturated carbocycles. The average molecular weight is 377 g/mol. The molecule has 0 spiro atoms. The summed E-state index contributed by atoms with van der Waals surface area (Å²) in [5.74, 6) is 1.43. The lowest BCUT2D eigenvalue weighted by atomic mass is 10.00. The van der Waals surface area contributed by atoms with Gasteiger partial charge in [-0.25, -0.2) is 4.79 Å². The molecule has 2 heterocycles. The number of rotatable bonds is 4. The number of hydrogen-bond donors (Lipinski definition) is 1. The number of amides is 2. The summed E-state index contributed by atoms with van der Waals surface area (Å²) in [4.78, 5) is 15.1. The van der Waals surface area contributed by atoms with Crippen molar-refractivity contribution in [3.8, 4) is 11.5 Å². The van der Waals surface area contributed by atoms with Gasteiger partial charge in [0.2, 0.25) is 0 Å². The average Bonchev–Trinajstić information content (AvgIpc) is 3.22. The molecule has 144 valence electrons. The van der Waals surface area contributed by atoms with Crippen LogP contribution in [0.3, 0.4) is 0 Å². The summed E-state index contributed by atoms with van der Waals surface area (Å²) in [6.07, 6.45) is 2.06. The van der Waals surface area contributed by atoms with Crippen LogP contribution in [0.25, 0.3) is 0 Å². The van der Waals surface area contributed by atoms with Gasteiger partial charge >= 0.3 is 6.03 Å². The molecule has 1 aliphatic rings. The number of hydrogen-bond acceptors (Lipinski definition) is 3. The van der Waals surface area contributed by atoms with Crippen LogP contribution in [0.1, 0.15) is 17.3 Å². The minimum Gasteiger partial charge on any atom is -0.497 e. The summed E-state index contributed by atoms with van der Waals surface area (Å²) >= 11 is 0. The van der Waals surface area contributed by atoms with Crippen LogP contribution in [0.5, 0.6) is 11.5 Å². The van der Waals surface area contributed by atoms with Crippen LogP contribution in [0.15, 0.2) is 66.9 Å². The van der Waals surface area contributed by atoms with Crippen LogP contribution in [0.2, 0.25) is 0 Å². The number of benzene rings is 2. The maximum atomic E-state index is 13.2. The van der Waals surface area contributed by atoms with Crippen molar-refractivity contribution in [3.63, 3.8) is 0 Å². The molecule has 1 aliphatic heterocycles. The van der Waals surface area contributed by atoms with E-state index < -0.39 is 0 Å². The molecule has 0 aliphatic carbocycles. The van der Waals surface area contributed by atoms with Gasteiger partial charge in [-0.3, -0.25) is 0 Å². The van der Waals surface area contributed by atoms with E-state index in [1.165, 1.54) is 0 Å². The largest absolute Gasteiger partial charge is 0.497 e. The van der Waals surface area contributed by atoms with E-state index >= 15 is 0 Å². The standard InChI is InChI=1S/C22H23N3O3/c1-27-17-11-9-16(10-12-17)21-19-7-5-13-24(19)14-15-25(21)22(26)23-18-6-3-4-8-20(18)28-2/h3-13,21H,14-15H2,1-2H3,(H,23,26). The Hall–Kier alpha value is -3.41. The van der Waals surface area contributed by atoms with Gasteiger partial charge in [0.15, 0.2) is 0 Å². The van der Waals surface area contributed by atoms with E-state index in [2.05, 4.69) is 22.1 Å². The number of fused-ring (bicyclic) bond motifs is 1. The van der Waals surface area contributed by atoms with Crippen LogP contribution >= 0.6 is 0 Å². The Labute approximate surface area is 164 Å². The highest BCUT2D eigenvalue weighted by Crippen LogP contribution is 2.34. The molecular weight excluding hydrogens is 354 g/mol. The number of methoxy groups -OCH3 is 2. The van der Waals surface area contributed by atoms with E-state index in [0.29, 0.717) is 18.0 Å². The lowest BCUT2D eigenvalue weighted by molar-refractivity contribution is 0.181. The molecular formula is C22H23N3O3. The zero-order chi connectivity index (χ0) is 19.5. The number of carbonyl (C=O) groups is 1. The van der Waals surface area contributed by atoms with E-state index in [1.807, 2.05) is 59.5 Å². The third-order valence-corrected chi connectivity index (χ3v) is 5.08. The fraction of sp³-hybridized carbons (Fsp3) is 0.227. The van der Waals surface area contributed by atoms with Crippen LogP contribution in [-0.4, -0.2) is 36.3 Å². The molecule has 4 rings (SSSR count). The van der Waals surface area contributed by atoms with Gasteiger partial charge in [0.05, 0.1) is 25.9 Å². The Morgan fingerprint density at radius 3 is 2.50 bits per heavy atom. The number of nitrogens with zero attached hydrogens (tertiary/aromatic N) is 2. The Kier molecular flexibility index (Phi) is 4.93. The van der Waals surface area contributed by atoms with E-state index in [9.17, 15) is 4.79 Å². The minimum atomic E-state index is -0.177. The van der Waals surface area contributed by atoms with Crippen molar-refractivity contribution in [2.24, 2.45) is 0 Å². The number of nitrogens with one attached hydrogen (secondary N) is 1. The highest BCUT2D eigenvalue weighted by atomic mass is 16.5. The third kappa shape index (κ3) is 3.29. The second-order valence-corrected chi connectivity index (χ2v) is 6.63. The topological polar surface area (TPSA) is 55.7 Å². The van der Waals surface area contributed by atoms with Crippen LogP contribution in [-0.2, 0) is 6.54 Å². The summed E-state index contributed by atoms with van der Waals surface area (Å²) in [6.45, 7) is 1.37. The lowest BCUT2D eigenvalue weighted by Crippen LogP contribution is -2.44. The fourth-order valence-electron chi connectivity index (χ4n) is 3.67. The highest BCUT2D eigenvalue weighted by molar-refractivity contribution is 5.91. The van der Waals surface area contributed by atoms with Gasteiger partial charge in [0, 0.05) is 25.0 Å². The van der Waals surface area contributed by atoms with Crippen LogP contribution < -0.4 is 14.8 Å². The van der Waals surface area contributed by atoms with Gasteiger partial charge in [0.25, 0.3) is 0 Å². The first-order chi connectivity index (χ1) is 13.7. The number of aromatic nitrogens is 1.